The van der Waals surface area contributed by atoms with Crippen LogP contribution in [0.4, 0.5) is 16.3 Å². The van der Waals surface area contributed by atoms with Gasteiger partial charge in [-0.15, -0.1) is 0 Å². The van der Waals surface area contributed by atoms with Gasteiger partial charge in [-0.1, -0.05) is 39.0 Å². The van der Waals surface area contributed by atoms with Crippen molar-refractivity contribution in [2.24, 2.45) is 5.41 Å². The number of hydrogen-bond acceptors (Lipinski definition) is 8. The molecule has 3 aromatic rings. The fourth-order valence-electron chi connectivity index (χ4n) is 3.68. The van der Waals surface area contributed by atoms with E-state index in [1.165, 1.54) is 6.92 Å². The molecule has 2 amide bonds. The molecular weight excluding hydrogens is 490 g/mol. The largest absolute Gasteiger partial charge is 0.465 e. The van der Waals surface area contributed by atoms with Gasteiger partial charge in [-0.25, -0.2) is 14.8 Å². The van der Waals surface area contributed by atoms with Crippen LogP contribution in [0.3, 0.4) is 0 Å². The molecular formula is C26H29N7O3S. The van der Waals surface area contributed by atoms with Crippen LogP contribution in [0.2, 0.25) is 0 Å². The van der Waals surface area contributed by atoms with Crippen LogP contribution < -0.4 is 16.4 Å². The molecule has 2 heterocycles. The van der Waals surface area contributed by atoms with Gasteiger partial charge in [0, 0.05) is 36.3 Å². The summed E-state index contributed by atoms with van der Waals surface area (Å²) in [4.78, 5) is 36.2. The Morgan fingerprint density at radius 3 is 2.38 bits per heavy atom. The van der Waals surface area contributed by atoms with E-state index in [1.807, 2.05) is 32.9 Å². The fourth-order valence-corrected chi connectivity index (χ4v) is 3.94. The predicted octanol–water partition coefficient (Wildman–Crippen LogP) is 4.19. The lowest BCUT2D eigenvalue weighted by Gasteiger charge is -2.30. The Bertz CT molecular complexity index is 1350. The third-order valence-electron chi connectivity index (χ3n) is 5.65. The van der Waals surface area contributed by atoms with Gasteiger partial charge in [-0.2, -0.15) is 17.9 Å². The molecule has 2 aromatic heterocycles. The Hall–Kier alpha value is -4.17. The highest BCUT2D eigenvalue weighted by molar-refractivity contribution is 7.80. The van der Waals surface area contributed by atoms with E-state index in [1.54, 1.807) is 30.3 Å². The molecule has 0 saturated heterocycles. The average Bonchev–Trinajstić information content (AvgIpc) is 2.82. The van der Waals surface area contributed by atoms with E-state index >= 15 is 0 Å². The number of nitrogens with one attached hydrogen (secondary N) is 2. The topological polar surface area (TPSA) is 167 Å². The molecule has 0 spiro atoms. The number of nitrogen functional groups attached to an aromatic ring is 1. The van der Waals surface area contributed by atoms with Gasteiger partial charge in [0.25, 0.3) is 0 Å². The van der Waals surface area contributed by atoms with Crippen molar-refractivity contribution in [1.82, 2.24) is 20.3 Å². The van der Waals surface area contributed by atoms with Crippen LogP contribution in [0, 0.1) is 16.7 Å². The van der Waals surface area contributed by atoms with Crippen LogP contribution in [0.1, 0.15) is 55.7 Å². The van der Waals surface area contributed by atoms with Crippen LogP contribution in [0.15, 0.2) is 42.5 Å². The third kappa shape index (κ3) is 6.95. The number of nitriles is 1. The van der Waals surface area contributed by atoms with E-state index < -0.39 is 11.3 Å². The third-order valence-corrected chi connectivity index (χ3v) is 6.15. The Labute approximate surface area is 220 Å². The van der Waals surface area contributed by atoms with Gasteiger partial charge in [0.05, 0.1) is 11.4 Å². The van der Waals surface area contributed by atoms with Gasteiger partial charge in [0.1, 0.15) is 28.5 Å². The van der Waals surface area contributed by atoms with Crippen molar-refractivity contribution < 1.29 is 14.7 Å². The van der Waals surface area contributed by atoms with Gasteiger partial charge in [0.2, 0.25) is 5.91 Å². The molecule has 37 heavy (non-hydrogen) atoms. The van der Waals surface area contributed by atoms with E-state index in [0.717, 1.165) is 0 Å². The summed E-state index contributed by atoms with van der Waals surface area (Å²) in [5, 5.41) is 23.5. The zero-order chi connectivity index (χ0) is 27.3. The number of benzene rings is 1. The Kier molecular flexibility index (Phi) is 8.35. The molecule has 0 fully saturated rings. The fraction of sp³-hybridized carbons (Fsp3) is 0.308. The number of hydrogen-bond donors (Lipinski definition) is 5. The number of anilines is 2. The van der Waals surface area contributed by atoms with Crippen molar-refractivity contribution in [3.63, 3.8) is 0 Å². The molecule has 0 saturated carbocycles. The van der Waals surface area contributed by atoms with E-state index in [4.69, 9.17) is 18.4 Å². The summed E-state index contributed by atoms with van der Waals surface area (Å²) in [6, 6.07) is 14.0. The summed E-state index contributed by atoms with van der Waals surface area (Å²) in [6.45, 7) is 7.28. The lowest BCUT2D eigenvalue weighted by Crippen LogP contribution is -2.44. The number of carbonyl (C=O) groups is 2. The molecule has 10 nitrogen and oxygen atoms in total. The molecule has 2 unspecified atom stereocenters. The molecule has 0 bridgehead atoms. The maximum Gasteiger partial charge on any atom is 0.404 e. The second-order valence-corrected chi connectivity index (χ2v) is 10.1. The molecule has 0 aliphatic carbocycles. The maximum absolute atomic E-state index is 11.3. The van der Waals surface area contributed by atoms with Gasteiger partial charge < -0.3 is 21.5 Å². The van der Waals surface area contributed by atoms with Crippen molar-refractivity contribution >= 4 is 36.1 Å². The van der Waals surface area contributed by atoms with Gasteiger partial charge in [-0.05, 0) is 29.7 Å². The zero-order valence-corrected chi connectivity index (χ0v) is 21.9. The molecule has 3 rings (SSSR count). The number of nitrogens with zero attached hydrogens (tertiary/aromatic N) is 4. The molecule has 0 radical (unpaired) electrons. The molecule has 5 N–H and O–H groups in total. The number of carbonyl (C=O) groups excluding carboxylic acids is 1. The minimum Gasteiger partial charge on any atom is -0.465 e. The van der Waals surface area contributed by atoms with Crippen LogP contribution in [-0.2, 0) is 11.2 Å². The van der Waals surface area contributed by atoms with E-state index in [0.29, 0.717) is 34.8 Å². The maximum atomic E-state index is 11.3. The Balaban J connectivity index is 1.96. The number of amides is 2. The minimum atomic E-state index is -1.10. The minimum absolute atomic E-state index is 0.0158. The first-order valence-corrected chi connectivity index (χ1v) is 12.0. The quantitative estimate of drug-likeness (QED) is 0.290. The van der Waals surface area contributed by atoms with Gasteiger partial charge in [-0.3, -0.25) is 9.78 Å². The molecule has 0 aliphatic heterocycles. The van der Waals surface area contributed by atoms with Crippen molar-refractivity contribution in [3.8, 4) is 17.3 Å². The van der Waals surface area contributed by atoms with Crippen molar-refractivity contribution in [3.05, 3.63) is 65.2 Å². The summed E-state index contributed by atoms with van der Waals surface area (Å²) < 4.78 is 0. The summed E-state index contributed by atoms with van der Waals surface area (Å²) >= 11 is 4.70. The van der Waals surface area contributed by atoms with E-state index in [9.17, 15) is 20.0 Å². The van der Waals surface area contributed by atoms with Crippen molar-refractivity contribution in [2.45, 2.75) is 45.4 Å². The monoisotopic (exact) mass is 519 g/mol. The SMILES string of the molecule is CC(=O)Nc1ccc(-c2nc(C(S)c3cccc(CC(NC(=O)O)C(C)(C)C)n3)nc(N)c2C#N)cc1. The van der Waals surface area contributed by atoms with E-state index in [-0.39, 0.29) is 34.6 Å². The van der Waals surface area contributed by atoms with E-state index in [2.05, 4.69) is 31.7 Å². The summed E-state index contributed by atoms with van der Waals surface area (Å²) in [7, 11) is 0. The first-order chi connectivity index (χ1) is 17.4. The first kappa shape index (κ1) is 27.4. The predicted molar refractivity (Wildman–Crippen MR) is 144 cm³/mol. The normalized spacial score (nSPS) is 12.8. The second-order valence-electron chi connectivity index (χ2n) is 9.59. The Morgan fingerprint density at radius 2 is 1.81 bits per heavy atom. The smallest absolute Gasteiger partial charge is 0.404 e. The number of rotatable bonds is 7. The average molecular weight is 520 g/mol. The molecule has 0 aliphatic rings. The van der Waals surface area contributed by atoms with Gasteiger partial charge in [0.15, 0.2) is 0 Å². The lowest BCUT2D eigenvalue weighted by atomic mass is 9.84. The highest BCUT2D eigenvalue weighted by atomic mass is 32.1. The van der Waals surface area contributed by atoms with Crippen LogP contribution >= 0.6 is 12.6 Å². The van der Waals surface area contributed by atoms with Crippen LogP contribution in [-0.4, -0.2) is 38.1 Å². The zero-order valence-electron chi connectivity index (χ0n) is 21.0. The molecule has 1 aromatic carbocycles. The number of aromatic nitrogens is 3. The summed E-state index contributed by atoms with van der Waals surface area (Å²) in [5.41, 5.74) is 8.73. The number of thiol groups is 1. The number of pyridine rings is 1. The van der Waals surface area contributed by atoms with Crippen molar-refractivity contribution in [1.29, 1.82) is 5.26 Å². The molecule has 2 atom stereocenters. The van der Waals surface area contributed by atoms with Gasteiger partial charge >= 0.3 is 6.09 Å². The summed E-state index contributed by atoms with van der Waals surface area (Å²) in [6.07, 6.45) is -0.714. The van der Waals surface area contributed by atoms with Crippen LogP contribution in [0.5, 0.6) is 0 Å². The number of nitrogens with two attached hydrogens (primary N) is 1. The summed E-state index contributed by atoms with van der Waals surface area (Å²) in [5.74, 6) is 0.0859. The highest BCUT2D eigenvalue weighted by Gasteiger charge is 2.27. The number of carboxylic acid groups (broad SMARTS) is 1. The van der Waals surface area contributed by atoms with Crippen molar-refractivity contribution in [2.75, 3.05) is 11.1 Å². The standard InChI is InChI=1S/C26H29N7O3S/c1-14(34)29-16-10-8-15(9-11-16)21-18(13-27)23(28)33-24(32-21)22(37)19-7-5-6-17(30-19)12-20(26(2,3)4)31-25(35)36/h5-11,20,22,31,37H,12H2,1-4H3,(H,29,34)(H,35,36)(H2,28,32,33). The molecule has 192 valence electrons. The molecule has 11 heteroatoms. The van der Waals surface area contributed by atoms with Crippen LogP contribution in [0.25, 0.3) is 11.3 Å². The Morgan fingerprint density at radius 1 is 1.14 bits per heavy atom. The second kappa shape index (κ2) is 11.3. The first-order valence-electron chi connectivity index (χ1n) is 11.5. The lowest BCUT2D eigenvalue weighted by molar-refractivity contribution is -0.114. The highest BCUT2D eigenvalue weighted by Crippen LogP contribution is 2.31.